The van der Waals surface area contributed by atoms with Crippen molar-refractivity contribution in [3.8, 4) is 0 Å². The summed E-state index contributed by atoms with van der Waals surface area (Å²) < 4.78 is 35.2. The van der Waals surface area contributed by atoms with Crippen LogP contribution < -0.4 is 0 Å². The summed E-state index contributed by atoms with van der Waals surface area (Å²) in [5, 5.41) is 0. The molecule has 0 saturated carbocycles. The van der Waals surface area contributed by atoms with Crippen LogP contribution in [-0.2, 0) is 27.9 Å². The number of quaternary nitrogens is 1. The SMILES string of the molecule is CCCCCCCCCCCCCCCCOC[C@@H](COP(=O)(O)OCC[N+](C)(C)C)OC(=O)[C@@H](C)CCCCCCCCCCCCC. The topological polar surface area (TPSA) is 91.3 Å². The van der Waals surface area contributed by atoms with Crippen molar-refractivity contribution in [3.05, 3.63) is 0 Å². The van der Waals surface area contributed by atoms with Crippen molar-refractivity contribution >= 4 is 13.8 Å². The minimum absolute atomic E-state index is 0.0906. The number of esters is 1. The number of phosphoric acid groups is 1. The Kier molecular flexibility index (Phi) is 33.0. The lowest BCUT2D eigenvalue weighted by atomic mass is 10.0. The van der Waals surface area contributed by atoms with Crippen molar-refractivity contribution in [3.63, 3.8) is 0 Å². The number of nitrogens with zero attached hydrogens (tertiary/aromatic N) is 1. The van der Waals surface area contributed by atoms with E-state index < -0.39 is 13.9 Å². The molecule has 1 unspecified atom stereocenters. The lowest BCUT2D eigenvalue weighted by Crippen LogP contribution is -2.37. The molecule has 0 aliphatic rings. The van der Waals surface area contributed by atoms with E-state index in [2.05, 4.69) is 13.8 Å². The molecule has 0 radical (unpaired) electrons. The summed E-state index contributed by atoms with van der Waals surface area (Å²) in [6.45, 7) is 7.53. The molecule has 8 nitrogen and oxygen atoms in total. The van der Waals surface area contributed by atoms with Gasteiger partial charge in [0.05, 0.1) is 40.3 Å². The first-order valence-electron chi connectivity index (χ1n) is 20.7. The second-order valence-corrected chi connectivity index (χ2v) is 17.0. The average Bonchev–Trinajstić information content (AvgIpc) is 3.04. The van der Waals surface area contributed by atoms with Crippen LogP contribution in [0, 0.1) is 5.92 Å². The summed E-state index contributed by atoms with van der Waals surface area (Å²) in [5.41, 5.74) is 0. The van der Waals surface area contributed by atoms with Gasteiger partial charge in [-0.2, -0.15) is 0 Å². The highest BCUT2D eigenvalue weighted by molar-refractivity contribution is 7.47. The molecule has 0 fully saturated rings. The monoisotopic (exact) mass is 721 g/mol. The van der Waals surface area contributed by atoms with Gasteiger partial charge in [-0.15, -0.1) is 0 Å². The Hall–Kier alpha value is -0.500. The van der Waals surface area contributed by atoms with Crippen LogP contribution in [0.2, 0.25) is 0 Å². The highest BCUT2D eigenvalue weighted by atomic mass is 31.2. The minimum Gasteiger partial charge on any atom is -0.457 e. The number of unbranched alkanes of at least 4 members (excludes halogenated alkanes) is 23. The molecule has 0 heterocycles. The molecule has 3 atom stereocenters. The van der Waals surface area contributed by atoms with Gasteiger partial charge in [0, 0.05) is 6.61 Å². The molecule has 1 N–H and O–H groups in total. The fourth-order valence-electron chi connectivity index (χ4n) is 5.89. The molecule has 0 amide bonds. The van der Waals surface area contributed by atoms with Crippen LogP contribution in [0.3, 0.4) is 0 Å². The van der Waals surface area contributed by atoms with Crippen molar-refractivity contribution in [1.29, 1.82) is 0 Å². The van der Waals surface area contributed by atoms with E-state index in [9.17, 15) is 14.3 Å². The molecule has 0 aromatic carbocycles. The zero-order valence-corrected chi connectivity index (χ0v) is 34.3. The summed E-state index contributed by atoms with van der Waals surface area (Å²) in [6, 6.07) is 0. The predicted octanol–water partition coefficient (Wildman–Crippen LogP) is 11.6. The second kappa shape index (κ2) is 33.3. The standard InChI is InChI=1S/C40H82NO7P/c1-7-9-11-13-15-17-19-20-21-23-25-27-29-31-34-45-36-39(37-47-49(43,44)46-35-33-41(4,5)6)48-40(42)38(3)32-30-28-26-24-22-18-16-14-12-10-8-2/h38-39H,7-37H2,1-6H3/p+1/t38-,39-/m0/s1. The Morgan fingerprint density at radius 3 is 1.43 bits per heavy atom. The smallest absolute Gasteiger partial charge is 0.457 e. The maximum Gasteiger partial charge on any atom is 0.472 e. The van der Waals surface area contributed by atoms with Gasteiger partial charge in [0.25, 0.3) is 0 Å². The molecule has 0 aliphatic carbocycles. The van der Waals surface area contributed by atoms with Gasteiger partial charge in [0.15, 0.2) is 0 Å². The highest BCUT2D eigenvalue weighted by Crippen LogP contribution is 2.43. The zero-order valence-electron chi connectivity index (χ0n) is 33.4. The lowest BCUT2D eigenvalue weighted by Gasteiger charge is -2.24. The Balaban J connectivity index is 4.37. The van der Waals surface area contributed by atoms with Gasteiger partial charge in [0.1, 0.15) is 19.3 Å². The van der Waals surface area contributed by atoms with Gasteiger partial charge in [-0.25, -0.2) is 4.57 Å². The molecule has 0 spiro atoms. The summed E-state index contributed by atoms with van der Waals surface area (Å²) in [6.07, 6.45) is 32.2. The van der Waals surface area contributed by atoms with E-state index in [-0.39, 0.29) is 31.7 Å². The molecule has 0 bridgehead atoms. The van der Waals surface area contributed by atoms with E-state index in [0.717, 1.165) is 32.1 Å². The van der Waals surface area contributed by atoms with Crippen molar-refractivity contribution in [2.75, 3.05) is 54.1 Å². The zero-order chi connectivity index (χ0) is 36.5. The van der Waals surface area contributed by atoms with E-state index in [1.54, 1.807) is 0 Å². The van der Waals surface area contributed by atoms with Crippen LogP contribution in [0.4, 0.5) is 0 Å². The fraction of sp³-hybridized carbons (Fsp3) is 0.975. The Bertz CT molecular complexity index is 776. The number of phosphoric ester groups is 1. The third kappa shape index (κ3) is 35.7. The Morgan fingerprint density at radius 2 is 1.00 bits per heavy atom. The third-order valence-corrected chi connectivity index (χ3v) is 10.3. The Labute approximate surface area is 304 Å². The van der Waals surface area contributed by atoms with Crippen molar-refractivity contribution in [2.45, 2.75) is 194 Å². The number of carbonyl (C=O) groups is 1. The van der Waals surface area contributed by atoms with Gasteiger partial charge in [-0.3, -0.25) is 13.8 Å². The van der Waals surface area contributed by atoms with E-state index in [1.165, 1.54) is 135 Å². The van der Waals surface area contributed by atoms with Gasteiger partial charge >= 0.3 is 13.8 Å². The second-order valence-electron chi connectivity index (χ2n) is 15.6. The maximum absolute atomic E-state index is 12.9. The first kappa shape index (κ1) is 48.5. The van der Waals surface area contributed by atoms with E-state index in [1.807, 2.05) is 28.1 Å². The normalized spacial score (nSPS) is 14.5. The number of hydrogen-bond acceptors (Lipinski definition) is 6. The van der Waals surface area contributed by atoms with Gasteiger partial charge in [0.2, 0.25) is 0 Å². The van der Waals surface area contributed by atoms with Gasteiger partial charge in [-0.05, 0) is 12.8 Å². The Morgan fingerprint density at radius 1 is 0.592 bits per heavy atom. The van der Waals surface area contributed by atoms with Crippen molar-refractivity contribution in [1.82, 2.24) is 0 Å². The van der Waals surface area contributed by atoms with Crippen LogP contribution in [0.15, 0.2) is 0 Å². The van der Waals surface area contributed by atoms with E-state index in [4.69, 9.17) is 18.5 Å². The van der Waals surface area contributed by atoms with E-state index in [0.29, 0.717) is 17.6 Å². The van der Waals surface area contributed by atoms with Crippen molar-refractivity contribution in [2.24, 2.45) is 5.92 Å². The first-order chi connectivity index (χ1) is 23.5. The van der Waals surface area contributed by atoms with E-state index >= 15 is 0 Å². The molecule has 9 heteroatoms. The largest absolute Gasteiger partial charge is 0.472 e. The van der Waals surface area contributed by atoms with Crippen molar-refractivity contribution < 1.29 is 37.3 Å². The van der Waals surface area contributed by atoms with Crippen LogP contribution in [0.1, 0.15) is 188 Å². The van der Waals surface area contributed by atoms with Crippen LogP contribution in [0.5, 0.6) is 0 Å². The molecule has 0 aromatic rings. The molecule has 0 aliphatic heterocycles. The lowest BCUT2D eigenvalue weighted by molar-refractivity contribution is -0.870. The number of hydrogen-bond donors (Lipinski definition) is 1. The number of ether oxygens (including phenoxy) is 2. The first-order valence-corrected chi connectivity index (χ1v) is 22.2. The summed E-state index contributed by atoms with van der Waals surface area (Å²) >= 11 is 0. The van der Waals surface area contributed by atoms with Crippen LogP contribution in [-0.4, -0.2) is 75.6 Å². The fourth-order valence-corrected chi connectivity index (χ4v) is 6.63. The molecular weight excluding hydrogens is 637 g/mol. The minimum atomic E-state index is -4.27. The summed E-state index contributed by atoms with van der Waals surface area (Å²) in [4.78, 5) is 23.2. The molecule has 0 rings (SSSR count). The molecular formula is C40H83NO7P+. The quantitative estimate of drug-likeness (QED) is 0.0294. The van der Waals surface area contributed by atoms with Gasteiger partial charge < -0.3 is 18.9 Å². The summed E-state index contributed by atoms with van der Waals surface area (Å²) in [7, 11) is 1.67. The predicted molar refractivity (Wildman–Crippen MR) is 206 cm³/mol. The molecule has 0 aromatic heterocycles. The maximum atomic E-state index is 12.9. The average molecular weight is 721 g/mol. The van der Waals surface area contributed by atoms with Gasteiger partial charge in [-0.1, -0.05) is 175 Å². The number of carbonyl (C=O) groups excluding carboxylic acids is 1. The highest BCUT2D eigenvalue weighted by Gasteiger charge is 2.27. The molecule has 49 heavy (non-hydrogen) atoms. The van der Waals surface area contributed by atoms with Crippen LogP contribution >= 0.6 is 7.82 Å². The number of likely N-dealkylation sites (N-methyl/N-ethyl adjacent to an activating group) is 1. The molecule has 0 saturated heterocycles. The van der Waals surface area contributed by atoms with Crippen LogP contribution in [0.25, 0.3) is 0 Å². The molecule has 294 valence electrons. The summed E-state index contributed by atoms with van der Waals surface area (Å²) in [5.74, 6) is -0.548. The number of rotatable bonds is 38. The third-order valence-electron chi connectivity index (χ3n) is 9.31.